The van der Waals surface area contributed by atoms with Crippen LogP contribution in [0.5, 0.6) is 0 Å². The van der Waals surface area contributed by atoms with Gasteiger partial charge in [0, 0.05) is 6.92 Å². The summed E-state index contributed by atoms with van der Waals surface area (Å²) in [4.78, 5) is 46.9. The second-order valence-corrected chi connectivity index (χ2v) is 6.01. The fraction of sp³-hybridized carbons (Fsp3) is 0.200. The largest absolute Gasteiger partial charge is 0.455 e. The predicted molar refractivity (Wildman–Crippen MR) is 102 cm³/mol. The van der Waals surface area contributed by atoms with Crippen molar-refractivity contribution in [3.05, 3.63) is 66.0 Å². The molecule has 0 unspecified atom stereocenters. The van der Waals surface area contributed by atoms with Gasteiger partial charge in [0.25, 0.3) is 5.91 Å². The molecule has 152 valence electrons. The van der Waals surface area contributed by atoms with Crippen molar-refractivity contribution in [2.45, 2.75) is 19.4 Å². The molecule has 2 rings (SSSR count). The SMILES string of the molecule is CC(=O)N[C@H](CC(=O)OCC(=O)NC(=O)Nc1ccccc1F)c1ccccc1. The predicted octanol–water partition coefficient (Wildman–Crippen LogP) is 2.28. The van der Waals surface area contributed by atoms with Gasteiger partial charge in [-0.3, -0.25) is 19.7 Å². The zero-order valence-corrected chi connectivity index (χ0v) is 15.6. The van der Waals surface area contributed by atoms with E-state index in [1.807, 2.05) is 5.32 Å². The number of halogens is 1. The van der Waals surface area contributed by atoms with Crippen LogP contribution in [-0.2, 0) is 19.1 Å². The molecule has 2 aromatic carbocycles. The minimum absolute atomic E-state index is 0.101. The smallest absolute Gasteiger partial charge is 0.326 e. The van der Waals surface area contributed by atoms with E-state index in [0.717, 1.165) is 6.07 Å². The summed E-state index contributed by atoms with van der Waals surface area (Å²) in [6.07, 6.45) is -0.196. The number of ether oxygens (including phenoxy) is 1. The highest BCUT2D eigenvalue weighted by Gasteiger charge is 2.19. The molecule has 0 aliphatic carbocycles. The van der Waals surface area contributed by atoms with Crippen molar-refractivity contribution in [1.29, 1.82) is 0 Å². The number of hydrogen-bond acceptors (Lipinski definition) is 5. The molecule has 0 spiro atoms. The average molecular weight is 401 g/mol. The van der Waals surface area contributed by atoms with E-state index in [-0.39, 0.29) is 18.0 Å². The summed E-state index contributed by atoms with van der Waals surface area (Å²) in [5, 5.41) is 6.74. The van der Waals surface area contributed by atoms with Crippen molar-refractivity contribution in [2.75, 3.05) is 11.9 Å². The van der Waals surface area contributed by atoms with Gasteiger partial charge < -0.3 is 15.4 Å². The van der Waals surface area contributed by atoms with Gasteiger partial charge in [-0.1, -0.05) is 42.5 Å². The van der Waals surface area contributed by atoms with Crippen LogP contribution in [0.1, 0.15) is 24.9 Å². The molecule has 2 aromatic rings. The minimum Gasteiger partial charge on any atom is -0.455 e. The second-order valence-electron chi connectivity index (χ2n) is 6.01. The molecule has 0 radical (unpaired) electrons. The van der Waals surface area contributed by atoms with Crippen LogP contribution in [0.3, 0.4) is 0 Å². The molecule has 8 nitrogen and oxygen atoms in total. The summed E-state index contributed by atoms with van der Waals surface area (Å²) in [5.74, 6) is -2.61. The lowest BCUT2D eigenvalue weighted by Gasteiger charge is -2.17. The molecular formula is C20H20FN3O5. The maximum Gasteiger partial charge on any atom is 0.326 e. The van der Waals surface area contributed by atoms with E-state index in [1.165, 1.54) is 25.1 Å². The van der Waals surface area contributed by atoms with Crippen LogP contribution in [0.4, 0.5) is 14.9 Å². The van der Waals surface area contributed by atoms with Gasteiger partial charge in [0.15, 0.2) is 6.61 Å². The Morgan fingerprint density at radius 3 is 2.31 bits per heavy atom. The average Bonchev–Trinajstić information content (AvgIpc) is 2.68. The maximum absolute atomic E-state index is 13.5. The number of anilines is 1. The fourth-order valence-electron chi connectivity index (χ4n) is 2.43. The van der Waals surface area contributed by atoms with Crippen LogP contribution >= 0.6 is 0 Å². The summed E-state index contributed by atoms with van der Waals surface area (Å²) >= 11 is 0. The summed E-state index contributed by atoms with van der Waals surface area (Å²) in [6.45, 7) is 0.619. The van der Waals surface area contributed by atoms with Gasteiger partial charge in [-0.05, 0) is 17.7 Å². The molecule has 1 atom stereocenters. The number of benzene rings is 2. The summed E-state index contributed by atoms with van der Waals surface area (Å²) in [6, 6.07) is 12.7. The van der Waals surface area contributed by atoms with E-state index in [1.54, 1.807) is 30.3 Å². The van der Waals surface area contributed by atoms with Crippen LogP contribution < -0.4 is 16.0 Å². The lowest BCUT2D eigenvalue weighted by atomic mass is 10.0. The monoisotopic (exact) mass is 401 g/mol. The number of urea groups is 1. The lowest BCUT2D eigenvalue weighted by molar-refractivity contribution is -0.148. The van der Waals surface area contributed by atoms with Gasteiger partial charge in [-0.25, -0.2) is 9.18 Å². The molecule has 0 saturated heterocycles. The molecule has 0 bridgehead atoms. The number of carbonyl (C=O) groups excluding carboxylic acids is 4. The molecule has 0 aliphatic rings. The first kappa shape index (κ1) is 21.5. The van der Waals surface area contributed by atoms with E-state index in [0.29, 0.717) is 5.56 Å². The third-order valence-electron chi connectivity index (χ3n) is 3.69. The van der Waals surface area contributed by atoms with E-state index in [9.17, 15) is 23.6 Å². The Morgan fingerprint density at radius 1 is 1.00 bits per heavy atom. The van der Waals surface area contributed by atoms with Crippen molar-refractivity contribution < 1.29 is 28.3 Å². The highest BCUT2D eigenvalue weighted by molar-refractivity contribution is 6.01. The van der Waals surface area contributed by atoms with E-state index >= 15 is 0 Å². The first-order chi connectivity index (χ1) is 13.8. The molecule has 0 heterocycles. The first-order valence-electron chi connectivity index (χ1n) is 8.68. The molecule has 9 heteroatoms. The number of imide groups is 1. The summed E-state index contributed by atoms with van der Waals surface area (Å²) in [7, 11) is 0. The summed E-state index contributed by atoms with van der Waals surface area (Å²) < 4.78 is 18.3. The van der Waals surface area contributed by atoms with Crippen molar-refractivity contribution in [3.8, 4) is 0 Å². The second kappa shape index (κ2) is 10.5. The molecule has 29 heavy (non-hydrogen) atoms. The molecule has 3 N–H and O–H groups in total. The maximum atomic E-state index is 13.5. The van der Waals surface area contributed by atoms with Gasteiger partial charge in [0.05, 0.1) is 18.2 Å². The molecule has 4 amide bonds. The standard InChI is InChI=1S/C20H20FN3O5/c1-13(25)22-17(14-7-3-2-4-8-14)11-19(27)29-12-18(26)24-20(28)23-16-10-6-5-9-15(16)21/h2-10,17H,11-12H2,1H3,(H,22,25)(H2,23,24,26,28)/t17-/m1/s1. The number of amides is 4. The molecule has 0 fully saturated rings. The van der Waals surface area contributed by atoms with Gasteiger partial charge >= 0.3 is 12.0 Å². The van der Waals surface area contributed by atoms with Crippen LogP contribution in [0.15, 0.2) is 54.6 Å². The lowest BCUT2D eigenvalue weighted by Crippen LogP contribution is -2.37. The third-order valence-corrected chi connectivity index (χ3v) is 3.69. The Balaban J connectivity index is 1.82. The summed E-state index contributed by atoms with van der Waals surface area (Å²) in [5.41, 5.74) is 0.601. The highest BCUT2D eigenvalue weighted by atomic mass is 19.1. The number of esters is 1. The number of carbonyl (C=O) groups is 4. The fourth-order valence-corrected chi connectivity index (χ4v) is 2.43. The van der Waals surface area contributed by atoms with Gasteiger partial charge in [0.1, 0.15) is 5.82 Å². The Bertz CT molecular complexity index is 889. The quantitative estimate of drug-likeness (QED) is 0.616. The van der Waals surface area contributed by atoms with Gasteiger partial charge in [0.2, 0.25) is 5.91 Å². The third kappa shape index (κ3) is 7.41. The van der Waals surface area contributed by atoms with Crippen molar-refractivity contribution in [3.63, 3.8) is 0 Å². The number of nitrogens with one attached hydrogen (secondary N) is 3. The first-order valence-corrected chi connectivity index (χ1v) is 8.68. The van der Waals surface area contributed by atoms with Crippen molar-refractivity contribution >= 4 is 29.5 Å². The van der Waals surface area contributed by atoms with Crippen LogP contribution in [0.2, 0.25) is 0 Å². The minimum atomic E-state index is -0.962. The van der Waals surface area contributed by atoms with Gasteiger partial charge in [-0.2, -0.15) is 0 Å². The van der Waals surface area contributed by atoms with E-state index in [2.05, 4.69) is 10.6 Å². The van der Waals surface area contributed by atoms with Gasteiger partial charge in [-0.15, -0.1) is 0 Å². The molecule has 0 aliphatic heterocycles. The normalized spacial score (nSPS) is 11.1. The van der Waals surface area contributed by atoms with Crippen LogP contribution in [0, 0.1) is 5.82 Å². The number of hydrogen-bond donors (Lipinski definition) is 3. The zero-order valence-electron chi connectivity index (χ0n) is 15.6. The topological polar surface area (TPSA) is 114 Å². The Hall–Kier alpha value is -3.75. The van der Waals surface area contributed by atoms with Crippen molar-refractivity contribution in [1.82, 2.24) is 10.6 Å². The van der Waals surface area contributed by atoms with E-state index < -0.39 is 36.4 Å². The highest BCUT2D eigenvalue weighted by Crippen LogP contribution is 2.17. The Morgan fingerprint density at radius 2 is 1.66 bits per heavy atom. The molecule has 0 saturated carbocycles. The van der Waals surface area contributed by atoms with Crippen LogP contribution in [-0.4, -0.2) is 30.4 Å². The number of para-hydroxylation sites is 1. The van der Waals surface area contributed by atoms with E-state index in [4.69, 9.17) is 4.74 Å². The molecule has 0 aromatic heterocycles. The molecular weight excluding hydrogens is 381 g/mol. The Labute approximate surface area is 166 Å². The zero-order chi connectivity index (χ0) is 21.2. The van der Waals surface area contributed by atoms with Crippen LogP contribution in [0.25, 0.3) is 0 Å². The van der Waals surface area contributed by atoms with Crippen molar-refractivity contribution in [2.24, 2.45) is 0 Å². The number of rotatable bonds is 7. The Kier molecular flexibility index (Phi) is 7.84.